The number of hydrogen-bond donors (Lipinski definition) is 1. The first-order valence-corrected chi connectivity index (χ1v) is 12.6. The van der Waals surface area contributed by atoms with Crippen LogP contribution in [-0.2, 0) is 25.3 Å². The molecule has 2 saturated heterocycles. The molecule has 4 atom stereocenters. The van der Waals surface area contributed by atoms with Crippen molar-refractivity contribution in [3.05, 3.63) is 29.6 Å². The zero-order valence-electron chi connectivity index (χ0n) is 21.7. The van der Waals surface area contributed by atoms with Gasteiger partial charge in [-0.15, -0.1) is 0 Å². The van der Waals surface area contributed by atoms with E-state index in [9.17, 15) is 19.2 Å². The standard InChI is InChI=1S/C26H35BFN3O5/c1-25(2,3)36-24(33)31-20-9-7-17(11-20)22(31)23(32)30-19(13-29)10-16-6-8-18(12-21(16)28)27-34-14-26(4,5)15-35-27/h6,8,12,17,19-20,22H,7,9-11,14-15H2,1-5H3,(H,30,32)/t17?,19-,20?,22-/m0/s1. The van der Waals surface area contributed by atoms with E-state index in [1.165, 1.54) is 11.0 Å². The van der Waals surface area contributed by atoms with Crippen LogP contribution < -0.4 is 10.8 Å². The van der Waals surface area contributed by atoms with Gasteiger partial charge in [-0.05, 0) is 63.0 Å². The van der Waals surface area contributed by atoms with E-state index in [1.54, 1.807) is 32.9 Å². The molecule has 2 amide bonds. The second kappa shape index (κ2) is 10.0. The van der Waals surface area contributed by atoms with Crippen molar-refractivity contribution in [2.45, 2.75) is 84.0 Å². The molecule has 8 nitrogen and oxygen atoms in total. The average molecular weight is 499 g/mol. The Morgan fingerprint density at radius 3 is 2.61 bits per heavy atom. The van der Waals surface area contributed by atoms with E-state index in [-0.39, 0.29) is 23.8 Å². The number of nitrogens with one attached hydrogen (secondary N) is 1. The first-order valence-electron chi connectivity index (χ1n) is 12.6. The van der Waals surface area contributed by atoms with Gasteiger partial charge in [0.15, 0.2) is 0 Å². The first-order chi connectivity index (χ1) is 16.9. The Morgan fingerprint density at radius 2 is 2.00 bits per heavy atom. The number of amides is 2. The zero-order valence-corrected chi connectivity index (χ0v) is 21.7. The summed E-state index contributed by atoms with van der Waals surface area (Å²) >= 11 is 0. The molecule has 10 heteroatoms. The molecule has 0 aromatic heterocycles. The van der Waals surface area contributed by atoms with Crippen LogP contribution in [-0.4, -0.2) is 61.0 Å². The third-order valence-corrected chi connectivity index (χ3v) is 6.95. The van der Waals surface area contributed by atoms with E-state index in [4.69, 9.17) is 14.0 Å². The number of halogens is 1. The normalized spacial score (nSPS) is 25.9. The molecule has 4 rings (SSSR count). The molecule has 2 aliphatic heterocycles. The molecular formula is C26H35BFN3O5. The molecule has 1 aliphatic carbocycles. The highest BCUT2D eigenvalue weighted by Gasteiger charge is 2.52. The Labute approximate surface area is 212 Å². The highest BCUT2D eigenvalue weighted by Crippen LogP contribution is 2.43. The van der Waals surface area contributed by atoms with Gasteiger partial charge in [0.2, 0.25) is 5.91 Å². The maximum atomic E-state index is 14.9. The molecule has 0 spiro atoms. The van der Waals surface area contributed by atoms with E-state index >= 15 is 0 Å². The summed E-state index contributed by atoms with van der Waals surface area (Å²) in [5.74, 6) is -0.865. The number of nitrogens with zero attached hydrogens (tertiary/aromatic N) is 2. The van der Waals surface area contributed by atoms with Crippen LogP contribution in [0.3, 0.4) is 0 Å². The van der Waals surface area contributed by atoms with E-state index in [0.29, 0.717) is 24.2 Å². The lowest BCUT2D eigenvalue weighted by molar-refractivity contribution is -0.128. The Balaban J connectivity index is 1.41. The molecule has 36 heavy (non-hydrogen) atoms. The van der Waals surface area contributed by atoms with E-state index in [0.717, 1.165) is 19.3 Å². The molecule has 2 heterocycles. The number of hydrogen-bond acceptors (Lipinski definition) is 6. The average Bonchev–Trinajstić information content (AvgIpc) is 3.40. The molecule has 2 unspecified atom stereocenters. The maximum absolute atomic E-state index is 14.9. The maximum Gasteiger partial charge on any atom is 0.494 e. The van der Waals surface area contributed by atoms with Gasteiger partial charge in [-0.3, -0.25) is 9.69 Å². The van der Waals surface area contributed by atoms with Crippen molar-refractivity contribution in [1.29, 1.82) is 5.26 Å². The highest BCUT2D eigenvalue weighted by molar-refractivity contribution is 6.61. The van der Waals surface area contributed by atoms with Gasteiger partial charge < -0.3 is 19.4 Å². The van der Waals surface area contributed by atoms with Crippen molar-refractivity contribution in [2.24, 2.45) is 11.3 Å². The van der Waals surface area contributed by atoms with Gasteiger partial charge in [-0.1, -0.05) is 26.0 Å². The van der Waals surface area contributed by atoms with Crippen LogP contribution in [0, 0.1) is 28.5 Å². The van der Waals surface area contributed by atoms with Crippen molar-refractivity contribution in [2.75, 3.05) is 13.2 Å². The summed E-state index contributed by atoms with van der Waals surface area (Å²) in [5.41, 5.74) is 0.103. The Bertz CT molecular complexity index is 1040. The van der Waals surface area contributed by atoms with Crippen LogP contribution in [0.4, 0.5) is 9.18 Å². The third kappa shape index (κ3) is 5.84. The molecule has 1 saturated carbocycles. The monoisotopic (exact) mass is 499 g/mol. The SMILES string of the molecule is CC1(C)COB(c2ccc(C[C@@H](C#N)NC(=O)[C@@H]3C4CCC(C4)N3C(=O)OC(C)(C)C)c(F)c2)OC1. The van der Waals surface area contributed by atoms with Gasteiger partial charge in [0.05, 0.1) is 6.07 Å². The molecule has 3 aliphatic rings. The summed E-state index contributed by atoms with van der Waals surface area (Å²) in [6, 6.07) is 5.06. The van der Waals surface area contributed by atoms with Gasteiger partial charge in [0.1, 0.15) is 23.5 Å². The highest BCUT2D eigenvalue weighted by atomic mass is 19.1. The minimum atomic E-state index is -0.944. The molecule has 3 fully saturated rings. The van der Waals surface area contributed by atoms with Gasteiger partial charge >= 0.3 is 13.2 Å². The summed E-state index contributed by atoms with van der Waals surface area (Å²) in [7, 11) is -0.635. The fourth-order valence-corrected chi connectivity index (χ4v) is 5.27. The number of likely N-dealkylation sites (tertiary alicyclic amines) is 1. The summed E-state index contributed by atoms with van der Waals surface area (Å²) in [5, 5.41) is 12.4. The largest absolute Gasteiger partial charge is 0.494 e. The minimum absolute atomic E-state index is 0.00101. The van der Waals surface area contributed by atoms with Crippen LogP contribution in [0.5, 0.6) is 0 Å². The second-order valence-electron chi connectivity index (χ2n) is 11.9. The molecule has 194 valence electrons. The van der Waals surface area contributed by atoms with Crippen molar-refractivity contribution in [3.63, 3.8) is 0 Å². The summed E-state index contributed by atoms with van der Waals surface area (Å²) in [6.07, 6.45) is 1.91. The number of nitriles is 1. The van der Waals surface area contributed by atoms with Gasteiger partial charge in [-0.25, -0.2) is 9.18 Å². The van der Waals surface area contributed by atoms with E-state index in [2.05, 4.69) is 11.4 Å². The van der Waals surface area contributed by atoms with Crippen molar-refractivity contribution < 1.29 is 28.0 Å². The van der Waals surface area contributed by atoms with Crippen molar-refractivity contribution >= 4 is 24.6 Å². The van der Waals surface area contributed by atoms with Crippen LogP contribution in [0.15, 0.2) is 18.2 Å². The number of carbonyl (C=O) groups excluding carboxylic acids is 2. The molecule has 2 bridgehead atoms. The quantitative estimate of drug-likeness (QED) is 0.626. The molecular weight excluding hydrogens is 464 g/mol. The predicted octanol–water partition coefficient (Wildman–Crippen LogP) is 2.93. The molecule has 0 radical (unpaired) electrons. The van der Waals surface area contributed by atoms with Crippen LogP contribution in [0.25, 0.3) is 0 Å². The molecule has 1 aromatic carbocycles. The first kappa shape index (κ1) is 26.4. The van der Waals surface area contributed by atoms with Crippen LogP contribution in [0.2, 0.25) is 0 Å². The Kier molecular flexibility index (Phi) is 7.36. The summed E-state index contributed by atoms with van der Waals surface area (Å²) in [6.45, 7) is 10.4. The van der Waals surface area contributed by atoms with E-state index in [1.807, 2.05) is 13.8 Å². The summed E-state index contributed by atoms with van der Waals surface area (Å²) < 4.78 is 31.9. The number of rotatable bonds is 5. The fourth-order valence-electron chi connectivity index (χ4n) is 5.27. The van der Waals surface area contributed by atoms with Crippen LogP contribution in [0.1, 0.15) is 59.4 Å². The number of piperidine rings is 1. The van der Waals surface area contributed by atoms with Crippen molar-refractivity contribution in [3.8, 4) is 6.07 Å². The smallest absolute Gasteiger partial charge is 0.444 e. The van der Waals surface area contributed by atoms with Crippen LogP contribution >= 0.6 is 0 Å². The van der Waals surface area contributed by atoms with Gasteiger partial charge in [-0.2, -0.15) is 5.26 Å². The Hall–Kier alpha value is -2.64. The Morgan fingerprint density at radius 1 is 1.31 bits per heavy atom. The number of ether oxygens (including phenoxy) is 1. The lowest BCUT2D eigenvalue weighted by atomic mass is 9.75. The number of benzene rings is 1. The van der Waals surface area contributed by atoms with Gasteiger partial charge in [0.25, 0.3) is 0 Å². The van der Waals surface area contributed by atoms with Crippen molar-refractivity contribution in [1.82, 2.24) is 10.2 Å². The zero-order chi connectivity index (χ0) is 26.3. The minimum Gasteiger partial charge on any atom is -0.444 e. The van der Waals surface area contributed by atoms with Gasteiger partial charge in [0, 0.05) is 31.1 Å². The summed E-state index contributed by atoms with van der Waals surface area (Å²) in [4.78, 5) is 27.6. The van der Waals surface area contributed by atoms with E-state index < -0.39 is 42.6 Å². The second-order valence-corrected chi connectivity index (χ2v) is 11.9. The lowest BCUT2D eigenvalue weighted by Crippen LogP contribution is -2.55. The molecule has 1 aromatic rings. The molecule has 1 N–H and O–H groups in total. The fraction of sp³-hybridized carbons (Fsp3) is 0.654. The lowest BCUT2D eigenvalue weighted by Gasteiger charge is -2.35. The number of carbonyl (C=O) groups is 2. The number of fused-ring (bicyclic) bond motifs is 2. The topological polar surface area (TPSA) is 101 Å². The predicted molar refractivity (Wildman–Crippen MR) is 132 cm³/mol. The third-order valence-electron chi connectivity index (χ3n) is 6.95.